The highest BCUT2D eigenvalue weighted by Crippen LogP contribution is 2.43. The minimum absolute atomic E-state index is 0. The number of likely N-dealkylation sites (N-methyl/N-ethyl adjacent to an activating group) is 1. The Morgan fingerprint density at radius 1 is 1.27 bits per heavy atom. The van der Waals surface area contributed by atoms with Crippen molar-refractivity contribution in [2.24, 2.45) is 0 Å². The van der Waals surface area contributed by atoms with Gasteiger partial charge in [-0.2, -0.15) is 0 Å². The Bertz CT molecular complexity index is 1360. The van der Waals surface area contributed by atoms with Crippen LogP contribution in [0.15, 0.2) is 58.2 Å². The Balaban J connectivity index is 0.00000370. The van der Waals surface area contributed by atoms with Crippen molar-refractivity contribution in [2.45, 2.75) is 56.8 Å². The Hall–Kier alpha value is -2.66. The molecule has 1 aliphatic carbocycles. The second kappa shape index (κ2) is 12.5. The molecular formula is C29H34BrClFN3O5. The highest BCUT2D eigenvalue weighted by atomic mass is 79.9. The zero-order chi connectivity index (χ0) is 27.7. The van der Waals surface area contributed by atoms with Gasteiger partial charge in [0.2, 0.25) is 5.91 Å². The predicted octanol–water partition coefficient (Wildman–Crippen LogP) is 4.89. The number of carbonyl (C=O) groups excluding carboxylic acids is 2. The van der Waals surface area contributed by atoms with E-state index in [-0.39, 0.29) is 36.5 Å². The lowest BCUT2D eigenvalue weighted by molar-refractivity contribution is -0.149. The molecule has 1 fully saturated rings. The summed E-state index contributed by atoms with van der Waals surface area (Å²) in [6.45, 7) is 2.51. The smallest absolute Gasteiger partial charge is 0.253 e. The first-order valence-electron chi connectivity index (χ1n) is 13.2. The van der Waals surface area contributed by atoms with E-state index in [0.29, 0.717) is 50.3 Å². The summed E-state index contributed by atoms with van der Waals surface area (Å²) in [5, 5.41) is 7.76. The molecule has 0 unspecified atom stereocenters. The fraction of sp³-hybridized carbons (Fsp3) is 0.448. The molecule has 2 aromatic rings. The normalized spacial score (nSPS) is 21.1. The maximum absolute atomic E-state index is 15.5. The summed E-state index contributed by atoms with van der Waals surface area (Å²) in [6.07, 6.45) is 3.02. The van der Waals surface area contributed by atoms with Crippen LogP contribution < -0.4 is 15.4 Å². The molecule has 40 heavy (non-hydrogen) atoms. The van der Waals surface area contributed by atoms with Gasteiger partial charge in [-0.05, 0) is 61.9 Å². The van der Waals surface area contributed by atoms with Gasteiger partial charge in [0.05, 0.1) is 38.6 Å². The maximum atomic E-state index is 15.5. The summed E-state index contributed by atoms with van der Waals surface area (Å²) in [6, 6.07) is 8.15. The number of allylic oxidation sites excluding steroid dienone is 3. The number of ether oxygens (including phenoxy) is 3. The van der Waals surface area contributed by atoms with Crippen molar-refractivity contribution in [3.05, 3.63) is 63.7 Å². The topological polar surface area (TPSA) is 89.1 Å². The summed E-state index contributed by atoms with van der Waals surface area (Å²) >= 11 is 3.53. The van der Waals surface area contributed by atoms with Crippen molar-refractivity contribution >= 4 is 50.9 Å². The van der Waals surface area contributed by atoms with Gasteiger partial charge in [0.1, 0.15) is 17.4 Å². The van der Waals surface area contributed by atoms with Crippen molar-refractivity contribution < 1.29 is 28.2 Å². The van der Waals surface area contributed by atoms with Crippen LogP contribution in [-0.2, 0) is 25.6 Å². The molecule has 216 valence electrons. The van der Waals surface area contributed by atoms with Gasteiger partial charge in [-0.1, -0.05) is 28.1 Å². The lowest BCUT2D eigenvalue weighted by Gasteiger charge is -2.42. The van der Waals surface area contributed by atoms with E-state index in [2.05, 4.69) is 26.6 Å². The summed E-state index contributed by atoms with van der Waals surface area (Å²) in [5.74, 6) is -0.499. The van der Waals surface area contributed by atoms with E-state index in [4.69, 9.17) is 14.2 Å². The molecule has 11 heteroatoms. The molecule has 2 amide bonds. The molecule has 0 radical (unpaired) electrons. The Morgan fingerprint density at radius 3 is 2.73 bits per heavy atom. The molecule has 2 heterocycles. The van der Waals surface area contributed by atoms with Crippen LogP contribution in [0.25, 0.3) is 10.8 Å². The minimum atomic E-state index is -1.15. The van der Waals surface area contributed by atoms with E-state index in [9.17, 15) is 9.59 Å². The lowest BCUT2D eigenvalue weighted by atomic mass is 9.84. The van der Waals surface area contributed by atoms with Crippen LogP contribution in [0.2, 0.25) is 0 Å². The van der Waals surface area contributed by atoms with Crippen molar-refractivity contribution in [1.82, 2.24) is 15.5 Å². The molecule has 2 atom stereocenters. The Morgan fingerprint density at radius 2 is 2.02 bits per heavy atom. The van der Waals surface area contributed by atoms with Crippen LogP contribution >= 0.6 is 28.3 Å². The number of nitrogens with zero attached hydrogens (tertiary/aromatic N) is 1. The number of hydrogen-bond acceptors (Lipinski definition) is 6. The van der Waals surface area contributed by atoms with Crippen molar-refractivity contribution in [3.8, 4) is 5.75 Å². The van der Waals surface area contributed by atoms with E-state index in [1.165, 1.54) is 6.08 Å². The van der Waals surface area contributed by atoms with Crippen LogP contribution in [0.5, 0.6) is 5.75 Å². The number of benzene rings is 2. The molecule has 2 aromatic carbocycles. The summed E-state index contributed by atoms with van der Waals surface area (Å²) < 4.78 is 34.2. The number of nitrogens with one attached hydrogen (secondary N) is 2. The SMILES string of the molecule is CN[C@@H](C)C(=O)N[C@@H]1C(=O)N(Cc2c(OC)ccc3cc(Br)ccc23)C2=C(OC13CCOCC3)C(F)=CCC2.Cl. The standard InChI is InChI=1S/C29H33BrFN3O5.ClH/c1-17(32-2)27(35)33-26-28(36)34(16-21-20-9-8-19(30)15-18(20)7-10-24(21)37-3)23-6-4-5-22(31)25(23)39-29(26)11-13-38-14-12-29;/h5,7-10,15,17,26,32H,4,6,11-14,16H2,1-3H3,(H,33,35);1H/t17-,26+;/m0./s1. The van der Waals surface area contributed by atoms with E-state index in [0.717, 1.165) is 20.8 Å². The van der Waals surface area contributed by atoms with Crippen LogP contribution in [0.1, 0.15) is 38.2 Å². The monoisotopic (exact) mass is 637 g/mol. The third-order valence-electron chi connectivity index (χ3n) is 7.89. The number of fused-ring (bicyclic) bond motifs is 1. The van der Waals surface area contributed by atoms with Gasteiger partial charge in [0, 0.05) is 22.9 Å². The minimum Gasteiger partial charge on any atom is -0.496 e. The number of rotatable bonds is 6. The molecule has 2 aliphatic heterocycles. The second-order valence-corrected chi connectivity index (χ2v) is 11.0. The predicted molar refractivity (Wildman–Crippen MR) is 156 cm³/mol. The molecule has 8 nitrogen and oxygen atoms in total. The van der Waals surface area contributed by atoms with Gasteiger partial charge in [0.25, 0.3) is 5.91 Å². The van der Waals surface area contributed by atoms with Crippen LogP contribution in [0.4, 0.5) is 4.39 Å². The molecule has 2 N–H and O–H groups in total. The molecule has 0 bridgehead atoms. The molecule has 5 rings (SSSR count). The summed E-state index contributed by atoms with van der Waals surface area (Å²) in [7, 11) is 3.27. The molecular weight excluding hydrogens is 605 g/mol. The summed E-state index contributed by atoms with van der Waals surface area (Å²) in [4.78, 5) is 29.3. The van der Waals surface area contributed by atoms with E-state index in [1.54, 1.807) is 26.0 Å². The number of carbonyl (C=O) groups is 2. The van der Waals surface area contributed by atoms with Gasteiger partial charge in [-0.3, -0.25) is 9.59 Å². The van der Waals surface area contributed by atoms with E-state index in [1.807, 2.05) is 30.3 Å². The summed E-state index contributed by atoms with van der Waals surface area (Å²) in [5.41, 5.74) is 0.110. The second-order valence-electron chi connectivity index (χ2n) is 10.1. The molecule has 1 saturated heterocycles. The maximum Gasteiger partial charge on any atom is 0.253 e. The Labute approximate surface area is 247 Å². The van der Waals surface area contributed by atoms with Crippen LogP contribution in [0, 0.1) is 0 Å². The van der Waals surface area contributed by atoms with Crippen molar-refractivity contribution in [1.29, 1.82) is 0 Å². The fourth-order valence-corrected chi connectivity index (χ4v) is 5.93. The average Bonchev–Trinajstić information content (AvgIpc) is 3.03. The van der Waals surface area contributed by atoms with E-state index < -0.39 is 23.5 Å². The highest BCUT2D eigenvalue weighted by Gasteiger charge is 2.53. The van der Waals surface area contributed by atoms with Gasteiger partial charge in [-0.25, -0.2) is 4.39 Å². The van der Waals surface area contributed by atoms with Gasteiger partial charge < -0.3 is 29.7 Å². The van der Waals surface area contributed by atoms with Gasteiger partial charge in [-0.15, -0.1) is 12.4 Å². The third kappa shape index (κ3) is 5.59. The van der Waals surface area contributed by atoms with Crippen LogP contribution in [0.3, 0.4) is 0 Å². The largest absolute Gasteiger partial charge is 0.496 e. The van der Waals surface area contributed by atoms with Crippen molar-refractivity contribution in [2.75, 3.05) is 27.4 Å². The molecule has 3 aliphatic rings. The molecule has 0 aromatic heterocycles. The molecule has 0 saturated carbocycles. The first-order valence-corrected chi connectivity index (χ1v) is 14.0. The fourth-order valence-electron chi connectivity index (χ4n) is 5.55. The van der Waals surface area contributed by atoms with Crippen molar-refractivity contribution in [3.63, 3.8) is 0 Å². The zero-order valence-electron chi connectivity index (χ0n) is 22.7. The van der Waals surface area contributed by atoms with E-state index >= 15 is 4.39 Å². The molecule has 1 spiro atoms. The number of methoxy groups -OCH3 is 1. The third-order valence-corrected chi connectivity index (χ3v) is 8.39. The Kier molecular flexibility index (Phi) is 9.44. The number of amides is 2. The first kappa shape index (κ1) is 30.3. The quantitative estimate of drug-likeness (QED) is 0.469. The lowest BCUT2D eigenvalue weighted by Crippen LogP contribution is -2.63. The zero-order valence-corrected chi connectivity index (χ0v) is 25.1. The van der Waals surface area contributed by atoms with Gasteiger partial charge >= 0.3 is 0 Å². The van der Waals surface area contributed by atoms with Crippen LogP contribution in [-0.4, -0.2) is 61.8 Å². The first-order chi connectivity index (χ1) is 18.8. The van der Waals surface area contributed by atoms with Gasteiger partial charge in [0.15, 0.2) is 11.6 Å². The number of hydrogen-bond donors (Lipinski definition) is 2. The number of halogens is 3. The average molecular weight is 639 g/mol. The highest BCUT2D eigenvalue weighted by molar-refractivity contribution is 9.10.